The molecule has 2 aliphatic heterocycles. The Labute approximate surface area is 217 Å². The maximum Gasteiger partial charge on any atom is 0.263 e. The van der Waals surface area contributed by atoms with Crippen molar-refractivity contribution in [3.8, 4) is 0 Å². The van der Waals surface area contributed by atoms with Crippen molar-refractivity contribution >= 4 is 34.7 Å². The smallest absolute Gasteiger partial charge is 0.263 e. The first-order valence-corrected chi connectivity index (χ1v) is 12.7. The number of amides is 2. The van der Waals surface area contributed by atoms with Crippen LogP contribution in [-0.2, 0) is 4.79 Å². The third kappa shape index (κ3) is 4.20. The topological polar surface area (TPSA) is 125 Å². The van der Waals surface area contributed by atoms with Gasteiger partial charge < -0.3 is 20.9 Å². The van der Waals surface area contributed by atoms with E-state index in [1.165, 1.54) is 6.20 Å². The molecule has 2 amide bonds. The van der Waals surface area contributed by atoms with Gasteiger partial charge in [-0.15, -0.1) is 5.10 Å². The van der Waals surface area contributed by atoms with E-state index in [0.29, 0.717) is 25.9 Å². The van der Waals surface area contributed by atoms with Gasteiger partial charge in [0.2, 0.25) is 5.91 Å². The Morgan fingerprint density at radius 3 is 2.61 bits per heavy atom. The van der Waals surface area contributed by atoms with Crippen LogP contribution in [0.25, 0.3) is 5.65 Å². The standard InChI is InChI=1S/C25H29F2N9O2/c1-33-8-9-35(14-25(33)4-5-25)24(38)15-2-6-34(7-3-15)20-17(27)11-29-12-18(20)31-23(37)19-21(28)32-36-13-16(26)10-30-22(19)36/h10-13,15H,2-9,14H2,1H3,(H2,28,32)(H,31,37). The molecule has 3 aromatic heterocycles. The molecule has 6 rings (SSSR count). The van der Waals surface area contributed by atoms with Crippen LogP contribution in [0, 0.1) is 17.6 Å². The van der Waals surface area contributed by atoms with Gasteiger partial charge in [-0.2, -0.15) is 0 Å². The molecular formula is C25H29F2N9O2. The quantitative estimate of drug-likeness (QED) is 0.528. The maximum atomic E-state index is 15.0. The average Bonchev–Trinajstić information content (AvgIpc) is 3.59. The molecule has 0 bridgehead atoms. The number of rotatable bonds is 4. The lowest BCUT2D eigenvalue weighted by atomic mass is 9.94. The number of nitrogens with two attached hydrogens (primary N) is 1. The molecule has 3 aliphatic rings. The molecular weight excluding hydrogens is 496 g/mol. The van der Waals surface area contributed by atoms with Crippen LogP contribution in [-0.4, -0.2) is 86.5 Å². The van der Waals surface area contributed by atoms with Crippen LogP contribution in [0.3, 0.4) is 0 Å². The first kappa shape index (κ1) is 24.5. The molecule has 11 nitrogen and oxygen atoms in total. The van der Waals surface area contributed by atoms with Gasteiger partial charge in [0, 0.05) is 44.2 Å². The zero-order valence-corrected chi connectivity index (χ0v) is 21.0. The maximum absolute atomic E-state index is 15.0. The van der Waals surface area contributed by atoms with Crippen LogP contribution in [0.4, 0.5) is 26.0 Å². The lowest BCUT2D eigenvalue weighted by Crippen LogP contribution is -2.56. The number of hydrogen-bond acceptors (Lipinski definition) is 8. The number of piperazine rings is 1. The number of fused-ring (bicyclic) bond motifs is 1. The van der Waals surface area contributed by atoms with Crippen molar-refractivity contribution in [3.05, 3.63) is 42.0 Å². The molecule has 0 aromatic carbocycles. The van der Waals surface area contributed by atoms with Crippen molar-refractivity contribution in [1.29, 1.82) is 0 Å². The number of hydrogen-bond donors (Lipinski definition) is 2. The van der Waals surface area contributed by atoms with E-state index in [2.05, 4.69) is 32.3 Å². The van der Waals surface area contributed by atoms with Gasteiger partial charge in [-0.3, -0.25) is 19.5 Å². The Kier molecular flexibility index (Phi) is 5.89. The van der Waals surface area contributed by atoms with Crippen molar-refractivity contribution in [2.24, 2.45) is 5.92 Å². The van der Waals surface area contributed by atoms with Crippen LogP contribution >= 0.6 is 0 Å². The highest BCUT2D eigenvalue weighted by atomic mass is 19.1. The average molecular weight is 526 g/mol. The highest BCUT2D eigenvalue weighted by Gasteiger charge is 2.50. The molecule has 200 valence electrons. The van der Waals surface area contributed by atoms with Gasteiger partial charge in [-0.25, -0.2) is 18.3 Å². The lowest BCUT2D eigenvalue weighted by molar-refractivity contribution is -0.139. The molecule has 1 aliphatic carbocycles. The molecule has 3 aromatic rings. The summed E-state index contributed by atoms with van der Waals surface area (Å²) in [6.07, 6.45) is 7.92. The van der Waals surface area contributed by atoms with Crippen molar-refractivity contribution in [3.63, 3.8) is 0 Å². The van der Waals surface area contributed by atoms with Gasteiger partial charge in [0.05, 0.1) is 30.5 Å². The fourth-order valence-electron chi connectivity index (χ4n) is 5.72. The predicted molar refractivity (Wildman–Crippen MR) is 136 cm³/mol. The number of anilines is 3. The lowest BCUT2D eigenvalue weighted by Gasteiger charge is -2.42. The predicted octanol–water partition coefficient (Wildman–Crippen LogP) is 1.76. The molecule has 5 heterocycles. The Morgan fingerprint density at radius 1 is 1.11 bits per heavy atom. The van der Waals surface area contributed by atoms with Gasteiger partial charge in [0.25, 0.3) is 5.91 Å². The summed E-state index contributed by atoms with van der Waals surface area (Å²) in [4.78, 5) is 40.5. The van der Waals surface area contributed by atoms with Gasteiger partial charge in [-0.1, -0.05) is 0 Å². The van der Waals surface area contributed by atoms with E-state index in [-0.39, 0.29) is 45.8 Å². The van der Waals surface area contributed by atoms with Gasteiger partial charge in [0.15, 0.2) is 23.1 Å². The number of piperidine rings is 1. The van der Waals surface area contributed by atoms with Gasteiger partial charge >= 0.3 is 0 Å². The fraction of sp³-hybridized carbons (Fsp3) is 0.480. The molecule has 0 atom stereocenters. The summed E-state index contributed by atoms with van der Waals surface area (Å²) >= 11 is 0. The molecule has 0 unspecified atom stereocenters. The zero-order chi connectivity index (χ0) is 26.6. The summed E-state index contributed by atoms with van der Waals surface area (Å²) in [5, 5.41) is 6.61. The molecule has 2 saturated heterocycles. The molecule has 1 spiro atoms. The number of halogens is 2. The number of carbonyl (C=O) groups excluding carboxylic acids is 2. The van der Waals surface area contributed by atoms with E-state index < -0.39 is 17.5 Å². The number of nitrogen functional groups attached to an aromatic ring is 1. The Hall–Kier alpha value is -3.87. The Balaban J connectivity index is 1.16. The van der Waals surface area contributed by atoms with Crippen molar-refractivity contribution < 1.29 is 18.4 Å². The van der Waals surface area contributed by atoms with E-state index in [9.17, 15) is 14.0 Å². The fourth-order valence-corrected chi connectivity index (χ4v) is 5.72. The molecule has 38 heavy (non-hydrogen) atoms. The van der Waals surface area contributed by atoms with Crippen molar-refractivity contribution in [2.75, 3.05) is 55.7 Å². The zero-order valence-electron chi connectivity index (χ0n) is 21.0. The number of aromatic nitrogens is 4. The highest BCUT2D eigenvalue weighted by molar-refractivity contribution is 6.12. The Bertz CT molecular complexity index is 1420. The molecule has 0 radical (unpaired) electrons. The van der Waals surface area contributed by atoms with Crippen LogP contribution < -0.4 is 16.0 Å². The van der Waals surface area contributed by atoms with E-state index in [1.54, 1.807) is 0 Å². The minimum absolute atomic E-state index is 0.0508. The summed E-state index contributed by atoms with van der Waals surface area (Å²) in [7, 11) is 2.13. The normalized spacial score (nSPS) is 19.8. The largest absolute Gasteiger partial charge is 0.381 e. The first-order chi connectivity index (χ1) is 18.3. The van der Waals surface area contributed by atoms with Crippen molar-refractivity contribution in [1.82, 2.24) is 29.4 Å². The first-order valence-electron chi connectivity index (χ1n) is 12.7. The summed E-state index contributed by atoms with van der Waals surface area (Å²) < 4.78 is 29.6. The van der Waals surface area contributed by atoms with E-state index in [0.717, 1.165) is 55.6 Å². The third-order valence-corrected chi connectivity index (χ3v) is 8.12. The number of pyridine rings is 1. The van der Waals surface area contributed by atoms with Crippen LogP contribution in [0.15, 0.2) is 24.8 Å². The molecule has 13 heteroatoms. The van der Waals surface area contributed by atoms with E-state index in [4.69, 9.17) is 5.73 Å². The minimum atomic E-state index is -0.667. The van der Waals surface area contributed by atoms with Crippen LogP contribution in [0.2, 0.25) is 0 Å². The summed E-state index contributed by atoms with van der Waals surface area (Å²) in [5.41, 5.74) is 6.45. The number of carbonyl (C=O) groups is 2. The Morgan fingerprint density at radius 2 is 1.87 bits per heavy atom. The van der Waals surface area contributed by atoms with E-state index >= 15 is 4.39 Å². The third-order valence-electron chi connectivity index (χ3n) is 8.12. The second-order valence-electron chi connectivity index (χ2n) is 10.4. The van der Waals surface area contributed by atoms with E-state index in [1.807, 2.05) is 9.80 Å². The number of nitrogens with zero attached hydrogens (tertiary/aromatic N) is 7. The monoisotopic (exact) mass is 525 g/mol. The molecule has 3 fully saturated rings. The number of nitrogens with one attached hydrogen (secondary N) is 1. The molecule has 1 saturated carbocycles. The second kappa shape index (κ2) is 9.15. The number of likely N-dealkylation sites (N-methyl/N-ethyl adjacent to an activating group) is 1. The molecule has 3 N–H and O–H groups in total. The summed E-state index contributed by atoms with van der Waals surface area (Å²) in [6.45, 7) is 3.32. The van der Waals surface area contributed by atoms with Crippen LogP contribution in [0.1, 0.15) is 36.0 Å². The van der Waals surface area contributed by atoms with Gasteiger partial charge in [0.1, 0.15) is 11.3 Å². The summed E-state index contributed by atoms with van der Waals surface area (Å²) in [5.74, 6) is -1.96. The SMILES string of the molecule is CN1CCN(C(=O)C2CCN(c3c(F)cncc3NC(=O)c3c(N)nn4cc(F)cnc34)CC2)CC12CC2. The van der Waals surface area contributed by atoms with Crippen molar-refractivity contribution in [2.45, 2.75) is 31.2 Å². The minimum Gasteiger partial charge on any atom is -0.381 e. The highest BCUT2D eigenvalue weighted by Crippen LogP contribution is 2.43. The van der Waals surface area contributed by atoms with Crippen LogP contribution in [0.5, 0.6) is 0 Å². The van der Waals surface area contributed by atoms with Gasteiger partial charge in [-0.05, 0) is 32.7 Å². The second-order valence-corrected chi connectivity index (χ2v) is 10.4. The summed E-state index contributed by atoms with van der Waals surface area (Å²) in [6, 6.07) is 0.